The Kier molecular flexibility index (Phi) is 4.45. The van der Waals surface area contributed by atoms with E-state index in [0.717, 1.165) is 22.6 Å². The van der Waals surface area contributed by atoms with Gasteiger partial charge in [-0.05, 0) is 37.6 Å². The standard InChI is InChI=1S/C19H24N6O2/c1-10-7-11(2)25(24-10)13-6-4-5-12(8-13)14-9-15(26)21-18-16(14)17(22-23-18)19(27)20-3/h4-8,14,16-18,22-23H,9H2,1-3H3,(H,20,27)(H,21,26). The van der Waals surface area contributed by atoms with E-state index >= 15 is 0 Å². The number of piperidine rings is 1. The van der Waals surface area contributed by atoms with Gasteiger partial charge >= 0.3 is 0 Å². The summed E-state index contributed by atoms with van der Waals surface area (Å²) in [5.41, 5.74) is 10.1. The highest BCUT2D eigenvalue weighted by Crippen LogP contribution is 2.38. The zero-order chi connectivity index (χ0) is 19.1. The van der Waals surface area contributed by atoms with Crippen molar-refractivity contribution in [3.8, 4) is 5.69 Å². The van der Waals surface area contributed by atoms with Crippen LogP contribution in [0.15, 0.2) is 30.3 Å². The molecule has 0 radical (unpaired) electrons. The van der Waals surface area contributed by atoms with E-state index < -0.39 is 6.04 Å². The van der Waals surface area contributed by atoms with Crippen molar-refractivity contribution in [1.29, 1.82) is 0 Å². The maximum Gasteiger partial charge on any atom is 0.238 e. The number of aromatic nitrogens is 2. The van der Waals surface area contributed by atoms with Crippen molar-refractivity contribution in [2.45, 2.75) is 38.4 Å². The van der Waals surface area contributed by atoms with Gasteiger partial charge in [-0.15, -0.1) is 0 Å². The first-order valence-electron chi connectivity index (χ1n) is 9.13. The van der Waals surface area contributed by atoms with Gasteiger partial charge in [-0.1, -0.05) is 12.1 Å². The number of fused-ring (bicyclic) bond motifs is 1. The number of benzene rings is 1. The molecule has 2 aliphatic heterocycles. The van der Waals surface area contributed by atoms with E-state index in [-0.39, 0.29) is 29.8 Å². The number of carbonyl (C=O) groups is 2. The number of hydrogen-bond donors (Lipinski definition) is 4. The zero-order valence-electron chi connectivity index (χ0n) is 15.6. The molecule has 4 N–H and O–H groups in total. The predicted octanol–water partition coefficient (Wildman–Crippen LogP) is 0.257. The van der Waals surface area contributed by atoms with E-state index in [4.69, 9.17) is 0 Å². The van der Waals surface area contributed by atoms with Crippen molar-refractivity contribution < 1.29 is 9.59 Å². The van der Waals surface area contributed by atoms with Gasteiger partial charge < -0.3 is 10.6 Å². The largest absolute Gasteiger partial charge is 0.358 e. The van der Waals surface area contributed by atoms with Crippen molar-refractivity contribution in [3.05, 3.63) is 47.3 Å². The van der Waals surface area contributed by atoms with Crippen molar-refractivity contribution in [2.24, 2.45) is 5.92 Å². The predicted molar refractivity (Wildman–Crippen MR) is 99.9 cm³/mol. The van der Waals surface area contributed by atoms with Gasteiger partial charge in [0.25, 0.3) is 0 Å². The number of hydrazine groups is 1. The van der Waals surface area contributed by atoms with E-state index in [1.165, 1.54) is 0 Å². The average molecular weight is 368 g/mol. The van der Waals surface area contributed by atoms with E-state index in [1.807, 2.05) is 42.8 Å². The first-order chi connectivity index (χ1) is 13.0. The summed E-state index contributed by atoms with van der Waals surface area (Å²) < 4.78 is 1.90. The molecule has 8 heteroatoms. The molecule has 0 bridgehead atoms. The van der Waals surface area contributed by atoms with Crippen LogP contribution in [0, 0.1) is 19.8 Å². The third-order valence-electron chi connectivity index (χ3n) is 5.43. The third kappa shape index (κ3) is 3.11. The third-order valence-corrected chi connectivity index (χ3v) is 5.43. The molecule has 27 heavy (non-hydrogen) atoms. The lowest BCUT2D eigenvalue weighted by Gasteiger charge is -2.35. The summed E-state index contributed by atoms with van der Waals surface area (Å²) in [6, 6.07) is 9.69. The van der Waals surface area contributed by atoms with Crippen LogP contribution in [0.25, 0.3) is 5.69 Å². The number of carbonyl (C=O) groups excluding carboxylic acids is 2. The second-order valence-corrected chi connectivity index (χ2v) is 7.25. The topological polar surface area (TPSA) is 100 Å². The van der Waals surface area contributed by atoms with Crippen molar-refractivity contribution >= 4 is 11.8 Å². The van der Waals surface area contributed by atoms with E-state index in [0.29, 0.717) is 6.42 Å². The Bertz CT molecular complexity index is 892. The fraction of sp³-hybridized carbons (Fsp3) is 0.421. The molecule has 2 aromatic rings. The molecule has 2 aliphatic rings. The number of aryl methyl sites for hydroxylation is 2. The Balaban J connectivity index is 1.72. The van der Waals surface area contributed by atoms with Gasteiger partial charge in [0.15, 0.2) is 0 Å². The molecule has 0 saturated carbocycles. The summed E-state index contributed by atoms with van der Waals surface area (Å²) in [6.45, 7) is 3.98. The number of nitrogens with one attached hydrogen (secondary N) is 4. The molecule has 4 rings (SSSR count). The highest BCUT2D eigenvalue weighted by atomic mass is 16.2. The Morgan fingerprint density at radius 2 is 2.07 bits per heavy atom. The minimum atomic E-state index is -0.414. The lowest BCUT2D eigenvalue weighted by molar-refractivity contribution is -0.128. The molecule has 2 saturated heterocycles. The summed E-state index contributed by atoms with van der Waals surface area (Å²) >= 11 is 0. The molecule has 1 aromatic carbocycles. The lowest BCUT2D eigenvalue weighted by Crippen LogP contribution is -2.53. The normalized spacial score (nSPS) is 27.1. The van der Waals surface area contributed by atoms with Gasteiger partial charge in [0.05, 0.1) is 17.5 Å². The lowest BCUT2D eigenvalue weighted by atomic mass is 9.75. The molecule has 1 aromatic heterocycles. The molecule has 4 atom stereocenters. The minimum absolute atomic E-state index is 0.0235. The highest BCUT2D eigenvalue weighted by Gasteiger charge is 2.48. The van der Waals surface area contributed by atoms with E-state index in [2.05, 4.69) is 32.7 Å². The second kappa shape index (κ2) is 6.79. The van der Waals surface area contributed by atoms with Crippen LogP contribution in [-0.2, 0) is 9.59 Å². The molecular formula is C19H24N6O2. The van der Waals surface area contributed by atoms with E-state index in [9.17, 15) is 9.59 Å². The molecule has 2 fully saturated rings. The number of amides is 2. The molecule has 0 aliphatic carbocycles. The van der Waals surface area contributed by atoms with Crippen LogP contribution in [0.2, 0.25) is 0 Å². The van der Waals surface area contributed by atoms with Crippen LogP contribution in [0.4, 0.5) is 0 Å². The quantitative estimate of drug-likeness (QED) is 0.623. The fourth-order valence-electron chi connectivity index (χ4n) is 4.24. The van der Waals surface area contributed by atoms with Crippen LogP contribution >= 0.6 is 0 Å². The van der Waals surface area contributed by atoms with Gasteiger partial charge in [-0.25, -0.2) is 15.5 Å². The summed E-state index contributed by atoms with van der Waals surface area (Å²) in [5.74, 6) is -0.278. The Morgan fingerprint density at radius 3 is 2.78 bits per heavy atom. The van der Waals surface area contributed by atoms with Gasteiger partial charge in [0.2, 0.25) is 11.8 Å². The summed E-state index contributed by atoms with van der Waals surface area (Å²) in [6.07, 6.45) is 0.0642. The summed E-state index contributed by atoms with van der Waals surface area (Å²) in [5, 5.41) is 10.2. The highest BCUT2D eigenvalue weighted by molar-refractivity contribution is 5.84. The molecule has 0 spiro atoms. The van der Waals surface area contributed by atoms with Crippen LogP contribution in [-0.4, -0.2) is 40.9 Å². The first-order valence-corrected chi connectivity index (χ1v) is 9.13. The Morgan fingerprint density at radius 1 is 1.26 bits per heavy atom. The summed E-state index contributed by atoms with van der Waals surface area (Å²) in [7, 11) is 1.62. The molecule has 2 amide bonds. The van der Waals surface area contributed by atoms with Crippen molar-refractivity contribution in [2.75, 3.05) is 7.05 Å². The van der Waals surface area contributed by atoms with Crippen molar-refractivity contribution in [1.82, 2.24) is 31.3 Å². The molecule has 8 nitrogen and oxygen atoms in total. The van der Waals surface area contributed by atoms with Crippen LogP contribution in [0.1, 0.15) is 29.3 Å². The molecule has 4 unspecified atom stereocenters. The maximum atomic E-state index is 12.3. The SMILES string of the molecule is CNC(=O)C1NNC2NC(=O)CC(c3cccc(-n4nc(C)cc4C)c3)C21. The van der Waals surface area contributed by atoms with Gasteiger partial charge in [-0.3, -0.25) is 9.59 Å². The summed E-state index contributed by atoms with van der Waals surface area (Å²) in [4.78, 5) is 24.6. The van der Waals surface area contributed by atoms with E-state index in [1.54, 1.807) is 7.05 Å². The van der Waals surface area contributed by atoms with Crippen LogP contribution in [0.3, 0.4) is 0 Å². The van der Waals surface area contributed by atoms with Gasteiger partial charge in [0.1, 0.15) is 6.04 Å². The molecule has 3 heterocycles. The number of likely N-dealkylation sites (N-methyl/N-ethyl adjacent to an activating group) is 1. The fourth-order valence-corrected chi connectivity index (χ4v) is 4.24. The van der Waals surface area contributed by atoms with Gasteiger partial charge in [-0.2, -0.15) is 5.10 Å². The number of nitrogens with zero attached hydrogens (tertiary/aromatic N) is 2. The zero-order valence-corrected chi connectivity index (χ0v) is 15.6. The maximum absolute atomic E-state index is 12.3. The van der Waals surface area contributed by atoms with Crippen LogP contribution < -0.4 is 21.5 Å². The minimum Gasteiger partial charge on any atom is -0.358 e. The molecule has 142 valence electrons. The monoisotopic (exact) mass is 368 g/mol. The first kappa shape index (κ1) is 17.7. The van der Waals surface area contributed by atoms with Gasteiger partial charge in [0, 0.05) is 31.0 Å². The number of hydrogen-bond acceptors (Lipinski definition) is 5. The smallest absolute Gasteiger partial charge is 0.238 e. The van der Waals surface area contributed by atoms with Crippen LogP contribution in [0.5, 0.6) is 0 Å². The average Bonchev–Trinajstić information content (AvgIpc) is 3.23. The second-order valence-electron chi connectivity index (χ2n) is 7.25. The Labute approximate surface area is 157 Å². The van der Waals surface area contributed by atoms with Crippen molar-refractivity contribution in [3.63, 3.8) is 0 Å². The molecular weight excluding hydrogens is 344 g/mol. The number of rotatable bonds is 3. The Hall–Kier alpha value is -2.71.